The Morgan fingerprint density at radius 3 is 2.23 bits per heavy atom. The monoisotopic (exact) mass is 337 g/mol. The van der Waals surface area contributed by atoms with Gasteiger partial charge in [0.1, 0.15) is 0 Å². The van der Waals surface area contributed by atoms with Crippen LogP contribution in [-0.2, 0) is 9.84 Å². The van der Waals surface area contributed by atoms with Crippen LogP contribution in [0.1, 0.15) is 11.5 Å². The van der Waals surface area contributed by atoms with Crippen molar-refractivity contribution in [3.05, 3.63) is 65.2 Å². The molecule has 2 aromatic rings. The number of benzene rings is 2. The Morgan fingerprint density at radius 2 is 1.68 bits per heavy atom. The minimum Gasteiger partial charge on any atom is -0.394 e. The molecule has 4 nitrogen and oxygen atoms in total. The lowest BCUT2D eigenvalue weighted by Gasteiger charge is -2.08. The van der Waals surface area contributed by atoms with Gasteiger partial charge in [0.15, 0.2) is 9.84 Å². The van der Waals surface area contributed by atoms with Crippen LogP contribution in [0.2, 0.25) is 5.02 Å². The highest BCUT2D eigenvalue weighted by molar-refractivity contribution is 7.92. The molecule has 6 heteroatoms. The largest absolute Gasteiger partial charge is 0.394 e. The molecule has 0 unspecified atom stereocenters. The van der Waals surface area contributed by atoms with Gasteiger partial charge in [-0.05, 0) is 29.8 Å². The normalized spacial score (nSPS) is 27.6. The lowest BCUT2D eigenvalue weighted by Crippen LogP contribution is -2.35. The van der Waals surface area contributed by atoms with E-state index in [1.165, 1.54) is 0 Å². The lowest BCUT2D eigenvalue weighted by molar-refractivity contribution is 0.253. The predicted octanol–water partition coefficient (Wildman–Crippen LogP) is 1.97. The van der Waals surface area contributed by atoms with Crippen LogP contribution < -0.4 is 5.73 Å². The molecule has 116 valence electrons. The SMILES string of the molecule is N[C@]1(CO)[C@H](c2ccc(Cl)cc2)[C@H]1S(=O)(=O)c1ccccc1. The van der Waals surface area contributed by atoms with Gasteiger partial charge in [0.05, 0.1) is 22.3 Å². The van der Waals surface area contributed by atoms with Gasteiger partial charge < -0.3 is 10.8 Å². The van der Waals surface area contributed by atoms with Crippen molar-refractivity contribution in [2.75, 3.05) is 6.61 Å². The summed E-state index contributed by atoms with van der Waals surface area (Å²) in [5.41, 5.74) is 5.77. The van der Waals surface area contributed by atoms with E-state index in [0.717, 1.165) is 5.56 Å². The van der Waals surface area contributed by atoms with Crippen LogP contribution in [0.15, 0.2) is 59.5 Å². The molecule has 3 atom stereocenters. The maximum absolute atomic E-state index is 12.8. The first kappa shape index (κ1) is 15.5. The molecule has 0 amide bonds. The molecule has 1 aliphatic carbocycles. The predicted molar refractivity (Wildman–Crippen MR) is 85.6 cm³/mol. The molecule has 2 aromatic carbocycles. The van der Waals surface area contributed by atoms with E-state index in [1.807, 2.05) is 0 Å². The topological polar surface area (TPSA) is 80.4 Å². The molecule has 0 heterocycles. The van der Waals surface area contributed by atoms with Crippen LogP contribution >= 0.6 is 11.6 Å². The van der Waals surface area contributed by atoms with Crippen LogP contribution in [0, 0.1) is 0 Å². The summed E-state index contributed by atoms with van der Waals surface area (Å²) in [6, 6.07) is 15.1. The summed E-state index contributed by atoms with van der Waals surface area (Å²) in [6.07, 6.45) is 0. The number of rotatable bonds is 4. The molecule has 0 bridgehead atoms. The molecule has 0 radical (unpaired) electrons. The van der Waals surface area contributed by atoms with Gasteiger partial charge >= 0.3 is 0 Å². The van der Waals surface area contributed by atoms with Gasteiger partial charge in [0, 0.05) is 10.9 Å². The van der Waals surface area contributed by atoms with Crippen molar-refractivity contribution in [3.8, 4) is 0 Å². The third-order valence-corrected chi connectivity index (χ3v) is 6.77. The first-order valence-electron chi connectivity index (χ1n) is 6.85. The van der Waals surface area contributed by atoms with Crippen LogP contribution in [-0.4, -0.2) is 30.9 Å². The van der Waals surface area contributed by atoms with E-state index >= 15 is 0 Å². The molecule has 0 saturated heterocycles. The Balaban J connectivity index is 2.02. The van der Waals surface area contributed by atoms with Crippen LogP contribution in [0.4, 0.5) is 0 Å². The zero-order valence-corrected chi connectivity index (χ0v) is 13.3. The summed E-state index contributed by atoms with van der Waals surface area (Å²) in [5.74, 6) is -0.444. The van der Waals surface area contributed by atoms with Crippen molar-refractivity contribution >= 4 is 21.4 Å². The van der Waals surface area contributed by atoms with Gasteiger partial charge in [0.2, 0.25) is 0 Å². The number of sulfone groups is 1. The average Bonchev–Trinajstić information content (AvgIpc) is 3.17. The zero-order chi connectivity index (χ0) is 16.0. The number of halogens is 1. The van der Waals surface area contributed by atoms with Crippen molar-refractivity contribution in [2.45, 2.75) is 21.6 Å². The molecule has 1 fully saturated rings. The van der Waals surface area contributed by atoms with E-state index in [4.69, 9.17) is 17.3 Å². The molecule has 3 N–H and O–H groups in total. The summed E-state index contributed by atoms with van der Waals surface area (Å²) in [4.78, 5) is 0.222. The Kier molecular flexibility index (Phi) is 3.77. The summed E-state index contributed by atoms with van der Waals surface area (Å²) in [7, 11) is -3.61. The highest BCUT2D eigenvalue weighted by Crippen LogP contribution is 2.55. The van der Waals surface area contributed by atoms with Gasteiger partial charge in [-0.2, -0.15) is 0 Å². The van der Waals surface area contributed by atoms with E-state index in [2.05, 4.69) is 0 Å². The second kappa shape index (κ2) is 5.35. The quantitative estimate of drug-likeness (QED) is 0.893. The Hall–Kier alpha value is -1.40. The second-order valence-corrected chi connectivity index (χ2v) is 8.08. The van der Waals surface area contributed by atoms with E-state index in [-0.39, 0.29) is 4.90 Å². The standard InChI is InChI=1S/C16H16ClNO3S/c17-12-8-6-11(7-9-12)14-15(16(14,18)10-19)22(20,21)13-4-2-1-3-5-13/h1-9,14-15,19H,10,18H2/t14-,15-,16-/m1/s1. The van der Waals surface area contributed by atoms with E-state index in [1.54, 1.807) is 54.6 Å². The second-order valence-electron chi connectivity index (χ2n) is 5.58. The molecule has 1 aliphatic rings. The third kappa shape index (κ3) is 2.34. The van der Waals surface area contributed by atoms with Crippen LogP contribution in [0.5, 0.6) is 0 Å². The fourth-order valence-electron chi connectivity index (χ4n) is 2.99. The number of aliphatic hydroxyl groups is 1. The number of aliphatic hydroxyl groups excluding tert-OH is 1. The van der Waals surface area contributed by atoms with Crippen LogP contribution in [0.3, 0.4) is 0 Å². The fraction of sp³-hybridized carbons (Fsp3) is 0.250. The third-order valence-electron chi connectivity index (χ3n) is 4.21. The van der Waals surface area contributed by atoms with Gasteiger partial charge in [-0.1, -0.05) is 41.9 Å². The number of hydrogen-bond donors (Lipinski definition) is 2. The van der Waals surface area contributed by atoms with Crippen LogP contribution in [0.25, 0.3) is 0 Å². The molecular weight excluding hydrogens is 322 g/mol. The summed E-state index contributed by atoms with van der Waals surface area (Å²) in [5, 5.41) is 9.35. The first-order valence-corrected chi connectivity index (χ1v) is 8.78. The van der Waals surface area contributed by atoms with Crippen molar-refractivity contribution < 1.29 is 13.5 Å². The van der Waals surface area contributed by atoms with Crippen molar-refractivity contribution in [2.24, 2.45) is 5.73 Å². The smallest absolute Gasteiger partial charge is 0.183 e. The van der Waals surface area contributed by atoms with E-state index in [9.17, 15) is 13.5 Å². The highest BCUT2D eigenvalue weighted by atomic mass is 35.5. The van der Waals surface area contributed by atoms with Gasteiger partial charge in [-0.3, -0.25) is 0 Å². The molecule has 0 spiro atoms. The highest BCUT2D eigenvalue weighted by Gasteiger charge is 2.68. The van der Waals surface area contributed by atoms with E-state index in [0.29, 0.717) is 5.02 Å². The minimum atomic E-state index is -3.61. The van der Waals surface area contributed by atoms with E-state index < -0.39 is 33.2 Å². The maximum atomic E-state index is 12.8. The number of nitrogens with two attached hydrogens (primary N) is 1. The van der Waals surface area contributed by atoms with Gasteiger partial charge in [-0.25, -0.2) is 8.42 Å². The van der Waals surface area contributed by atoms with Crippen molar-refractivity contribution in [1.29, 1.82) is 0 Å². The van der Waals surface area contributed by atoms with Gasteiger partial charge in [-0.15, -0.1) is 0 Å². The Bertz CT molecular complexity index is 777. The molecule has 3 rings (SSSR count). The van der Waals surface area contributed by atoms with Gasteiger partial charge in [0.25, 0.3) is 0 Å². The Labute approximate surface area is 134 Å². The molecule has 0 aliphatic heterocycles. The maximum Gasteiger partial charge on any atom is 0.183 e. The Morgan fingerprint density at radius 1 is 1.09 bits per heavy atom. The molecule has 1 saturated carbocycles. The van der Waals surface area contributed by atoms with Crippen molar-refractivity contribution in [3.63, 3.8) is 0 Å². The fourth-order valence-corrected chi connectivity index (χ4v) is 5.44. The lowest BCUT2D eigenvalue weighted by atomic mass is 10.1. The number of hydrogen-bond acceptors (Lipinski definition) is 4. The van der Waals surface area contributed by atoms with Crippen molar-refractivity contribution in [1.82, 2.24) is 0 Å². The molecular formula is C16H16ClNO3S. The molecule has 0 aromatic heterocycles. The zero-order valence-electron chi connectivity index (χ0n) is 11.7. The first-order chi connectivity index (χ1) is 10.4. The summed E-state index contributed by atoms with van der Waals surface area (Å²) >= 11 is 5.87. The summed E-state index contributed by atoms with van der Waals surface area (Å²) < 4.78 is 25.6. The molecule has 22 heavy (non-hydrogen) atoms. The average molecular weight is 338 g/mol. The minimum absolute atomic E-state index is 0.222. The summed E-state index contributed by atoms with van der Waals surface area (Å²) in [6.45, 7) is -0.392.